The molecule has 1 unspecified atom stereocenters. The first-order valence-corrected chi connectivity index (χ1v) is 8.78. The lowest BCUT2D eigenvalue weighted by molar-refractivity contribution is 0.0774. The Kier molecular flexibility index (Phi) is 4.45. The van der Waals surface area contributed by atoms with Crippen LogP contribution in [0.5, 0.6) is 0 Å². The van der Waals surface area contributed by atoms with Gasteiger partial charge in [-0.1, -0.05) is 0 Å². The highest BCUT2D eigenvalue weighted by Gasteiger charge is 2.32. The zero-order valence-electron chi connectivity index (χ0n) is 11.4. The van der Waals surface area contributed by atoms with Gasteiger partial charge in [-0.25, -0.2) is 0 Å². The average Bonchev–Trinajstić information content (AvgIpc) is 3.08. The molecule has 1 amide bonds. The Morgan fingerprint density at radius 1 is 1.25 bits per heavy atom. The van der Waals surface area contributed by atoms with Crippen molar-refractivity contribution in [2.24, 2.45) is 5.73 Å². The average molecular weight is 358 g/mol. The van der Waals surface area contributed by atoms with Crippen LogP contribution in [-0.4, -0.2) is 54.0 Å². The van der Waals surface area contributed by atoms with E-state index in [1.807, 2.05) is 17.0 Å². The second-order valence-electron chi connectivity index (χ2n) is 5.67. The molecule has 0 radical (unpaired) electrons. The fourth-order valence-electron chi connectivity index (χ4n) is 3.09. The van der Waals surface area contributed by atoms with Gasteiger partial charge in [0.05, 0.1) is 8.66 Å². The van der Waals surface area contributed by atoms with E-state index in [1.54, 1.807) is 0 Å². The van der Waals surface area contributed by atoms with E-state index in [9.17, 15) is 4.79 Å². The van der Waals surface area contributed by atoms with Gasteiger partial charge in [0.15, 0.2) is 0 Å². The van der Waals surface area contributed by atoms with Gasteiger partial charge in [0.25, 0.3) is 5.91 Å². The number of nitrogens with zero attached hydrogens (tertiary/aromatic N) is 2. The number of halogens is 1. The lowest BCUT2D eigenvalue weighted by atomic mass is 10.0. The van der Waals surface area contributed by atoms with Crippen LogP contribution in [0.15, 0.2) is 15.9 Å². The topological polar surface area (TPSA) is 49.6 Å². The van der Waals surface area contributed by atoms with Crippen LogP contribution in [0, 0.1) is 0 Å². The monoisotopic (exact) mass is 357 g/mol. The van der Waals surface area contributed by atoms with Crippen LogP contribution in [0.2, 0.25) is 0 Å². The molecule has 110 valence electrons. The van der Waals surface area contributed by atoms with Crippen molar-refractivity contribution < 1.29 is 4.79 Å². The third-order valence-corrected chi connectivity index (χ3v) is 5.94. The highest BCUT2D eigenvalue weighted by Crippen LogP contribution is 2.26. The van der Waals surface area contributed by atoms with E-state index in [2.05, 4.69) is 20.8 Å². The summed E-state index contributed by atoms with van der Waals surface area (Å²) in [5.74, 6) is 0.178. The van der Waals surface area contributed by atoms with Gasteiger partial charge in [0.2, 0.25) is 0 Å². The summed E-state index contributed by atoms with van der Waals surface area (Å²) in [6, 6.07) is 4.74. The first-order valence-electron chi connectivity index (χ1n) is 7.18. The van der Waals surface area contributed by atoms with E-state index >= 15 is 0 Å². The maximum Gasteiger partial charge on any atom is 0.264 e. The van der Waals surface area contributed by atoms with Crippen molar-refractivity contribution in [2.45, 2.75) is 31.3 Å². The molecule has 0 saturated carbocycles. The first kappa shape index (κ1) is 14.5. The molecule has 0 aromatic carbocycles. The second kappa shape index (κ2) is 6.13. The standard InChI is InChI=1S/C14H20BrN3OS/c15-13-2-1-12(20-13)14(19)18-8-5-11(9-18)17-6-3-10(16)4-7-17/h1-2,10-11H,3-9,16H2. The summed E-state index contributed by atoms with van der Waals surface area (Å²) in [4.78, 5) is 17.8. The minimum atomic E-state index is 0.178. The number of carbonyl (C=O) groups is 1. The summed E-state index contributed by atoms with van der Waals surface area (Å²) in [6.45, 7) is 3.90. The first-order chi connectivity index (χ1) is 9.63. The SMILES string of the molecule is NC1CCN(C2CCN(C(=O)c3ccc(Br)s3)C2)CC1. The number of amides is 1. The van der Waals surface area contributed by atoms with Crippen LogP contribution in [-0.2, 0) is 0 Å². The van der Waals surface area contributed by atoms with Crippen molar-refractivity contribution in [3.63, 3.8) is 0 Å². The molecule has 2 aliphatic rings. The van der Waals surface area contributed by atoms with Crippen molar-refractivity contribution in [1.82, 2.24) is 9.80 Å². The quantitative estimate of drug-likeness (QED) is 0.881. The zero-order chi connectivity index (χ0) is 14.1. The lowest BCUT2D eigenvalue weighted by Crippen LogP contribution is -2.46. The number of hydrogen-bond acceptors (Lipinski definition) is 4. The van der Waals surface area contributed by atoms with E-state index in [0.717, 1.165) is 54.1 Å². The van der Waals surface area contributed by atoms with Crippen LogP contribution in [0.4, 0.5) is 0 Å². The molecule has 0 spiro atoms. The molecule has 2 saturated heterocycles. The van der Waals surface area contributed by atoms with Crippen LogP contribution in [0.25, 0.3) is 0 Å². The number of carbonyl (C=O) groups excluding carboxylic acids is 1. The molecule has 3 heterocycles. The molecular formula is C14H20BrN3OS. The Morgan fingerprint density at radius 2 is 2.00 bits per heavy atom. The second-order valence-corrected chi connectivity index (χ2v) is 8.13. The molecule has 2 fully saturated rings. The molecule has 2 aliphatic heterocycles. The predicted molar refractivity (Wildman–Crippen MR) is 85.1 cm³/mol. The number of nitrogens with two attached hydrogens (primary N) is 1. The fourth-order valence-corrected chi connectivity index (χ4v) is 4.45. The van der Waals surface area contributed by atoms with E-state index in [-0.39, 0.29) is 5.91 Å². The summed E-state index contributed by atoms with van der Waals surface area (Å²) in [7, 11) is 0. The van der Waals surface area contributed by atoms with E-state index in [0.29, 0.717) is 12.1 Å². The highest BCUT2D eigenvalue weighted by atomic mass is 79.9. The summed E-state index contributed by atoms with van der Waals surface area (Å²) in [6.07, 6.45) is 3.26. The zero-order valence-corrected chi connectivity index (χ0v) is 13.8. The van der Waals surface area contributed by atoms with Gasteiger partial charge in [-0.2, -0.15) is 0 Å². The third kappa shape index (κ3) is 3.08. The van der Waals surface area contributed by atoms with Gasteiger partial charge in [0.1, 0.15) is 0 Å². The van der Waals surface area contributed by atoms with Crippen molar-refractivity contribution in [3.05, 3.63) is 20.8 Å². The van der Waals surface area contributed by atoms with Gasteiger partial charge >= 0.3 is 0 Å². The molecule has 1 atom stereocenters. The molecule has 2 N–H and O–H groups in total. The van der Waals surface area contributed by atoms with Gasteiger partial charge in [-0.3, -0.25) is 9.69 Å². The van der Waals surface area contributed by atoms with E-state index < -0.39 is 0 Å². The lowest BCUT2D eigenvalue weighted by Gasteiger charge is -2.34. The molecule has 3 rings (SSSR count). The summed E-state index contributed by atoms with van der Waals surface area (Å²) >= 11 is 4.93. The van der Waals surface area contributed by atoms with Gasteiger partial charge in [-0.05, 0) is 60.4 Å². The summed E-state index contributed by atoms with van der Waals surface area (Å²) in [5, 5.41) is 0. The maximum absolute atomic E-state index is 12.4. The predicted octanol–water partition coefficient (Wildman–Crippen LogP) is 2.15. The van der Waals surface area contributed by atoms with Crippen molar-refractivity contribution in [2.75, 3.05) is 26.2 Å². The summed E-state index contributed by atoms with van der Waals surface area (Å²) in [5.41, 5.74) is 5.96. The van der Waals surface area contributed by atoms with Crippen LogP contribution in [0.3, 0.4) is 0 Å². The minimum absolute atomic E-state index is 0.178. The van der Waals surface area contributed by atoms with Crippen LogP contribution in [0.1, 0.15) is 28.9 Å². The molecule has 1 aromatic heterocycles. The molecule has 20 heavy (non-hydrogen) atoms. The normalized spacial score (nSPS) is 25.3. The van der Waals surface area contributed by atoms with E-state index in [1.165, 1.54) is 11.3 Å². The summed E-state index contributed by atoms with van der Waals surface area (Å²) < 4.78 is 1.02. The third-order valence-electron chi connectivity index (χ3n) is 4.33. The number of rotatable bonds is 2. The highest BCUT2D eigenvalue weighted by molar-refractivity contribution is 9.11. The number of piperidine rings is 1. The maximum atomic E-state index is 12.4. The van der Waals surface area contributed by atoms with Crippen LogP contribution < -0.4 is 5.73 Å². The molecular weight excluding hydrogens is 338 g/mol. The molecule has 0 aliphatic carbocycles. The molecule has 0 bridgehead atoms. The van der Waals surface area contributed by atoms with E-state index in [4.69, 9.17) is 5.73 Å². The van der Waals surface area contributed by atoms with Gasteiger partial charge < -0.3 is 10.6 Å². The Balaban J connectivity index is 1.58. The number of likely N-dealkylation sites (tertiary alicyclic amines) is 2. The van der Waals surface area contributed by atoms with Crippen molar-refractivity contribution >= 4 is 33.2 Å². The number of hydrogen-bond donors (Lipinski definition) is 1. The molecule has 1 aromatic rings. The van der Waals surface area contributed by atoms with Gasteiger partial charge in [-0.15, -0.1) is 11.3 Å². The van der Waals surface area contributed by atoms with Crippen molar-refractivity contribution in [3.8, 4) is 0 Å². The molecule has 4 nitrogen and oxygen atoms in total. The Labute approximate surface area is 132 Å². The Bertz CT molecular complexity index is 485. The fraction of sp³-hybridized carbons (Fsp3) is 0.643. The molecule has 6 heteroatoms. The Hall–Kier alpha value is -0.430. The number of thiophene rings is 1. The Morgan fingerprint density at radius 3 is 2.65 bits per heavy atom. The van der Waals surface area contributed by atoms with Gasteiger partial charge in [0, 0.05) is 25.2 Å². The minimum Gasteiger partial charge on any atom is -0.336 e. The largest absolute Gasteiger partial charge is 0.336 e. The van der Waals surface area contributed by atoms with Crippen molar-refractivity contribution in [1.29, 1.82) is 0 Å². The smallest absolute Gasteiger partial charge is 0.264 e. The van der Waals surface area contributed by atoms with Crippen LogP contribution >= 0.6 is 27.3 Å².